The molecule has 1 heterocycles. The number of nitrogens with two attached hydrogens (primary N) is 1. The number of rotatable bonds is 4. The Kier molecular flexibility index (Phi) is 4.28. The summed E-state index contributed by atoms with van der Waals surface area (Å²) in [5.41, 5.74) is 8.36. The van der Waals surface area contributed by atoms with Gasteiger partial charge in [0.2, 0.25) is 5.91 Å². The molecule has 17 heavy (non-hydrogen) atoms. The van der Waals surface area contributed by atoms with Crippen LogP contribution in [-0.4, -0.2) is 21.7 Å². The van der Waals surface area contributed by atoms with Crippen LogP contribution in [0, 0.1) is 19.8 Å². The van der Waals surface area contributed by atoms with Crippen molar-refractivity contribution in [2.75, 3.05) is 5.32 Å². The van der Waals surface area contributed by atoms with Crippen molar-refractivity contribution in [1.29, 1.82) is 0 Å². The van der Waals surface area contributed by atoms with E-state index in [0.29, 0.717) is 12.3 Å². The molecular weight excluding hydrogens is 216 g/mol. The van der Waals surface area contributed by atoms with Gasteiger partial charge >= 0.3 is 0 Å². The van der Waals surface area contributed by atoms with Crippen LogP contribution in [0.1, 0.15) is 31.7 Å². The van der Waals surface area contributed by atoms with E-state index in [1.54, 1.807) is 4.68 Å². The first kappa shape index (κ1) is 13.7. The SMILES string of the molecule is Cc1nn(C)c(C)c1NC(=O)[C@H](N)CC(C)C. The van der Waals surface area contributed by atoms with Gasteiger partial charge in [-0.3, -0.25) is 9.48 Å². The highest BCUT2D eigenvalue weighted by Gasteiger charge is 2.18. The highest BCUT2D eigenvalue weighted by Crippen LogP contribution is 2.18. The van der Waals surface area contributed by atoms with Gasteiger partial charge in [-0.1, -0.05) is 13.8 Å². The Labute approximate surface area is 102 Å². The summed E-state index contributed by atoms with van der Waals surface area (Å²) in [7, 11) is 1.85. The maximum atomic E-state index is 11.9. The van der Waals surface area contributed by atoms with Crippen LogP contribution in [0.2, 0.25) is 0 Å². The van der Waals surface area contributed by atoms with Crippen LogP contribution in [0.5, 0.6) is 0 Å². The summed E-state index contributed by atoms with van der Waals surface area (Å²) in [6.07, 6.45) is 0.685. The van der Waals surface area contributed by atoms with Crippen LogP contribution in [0.4, 0.5) is 5.69 Å². The maximum Gasteiger partial charge on any atom is 0.241 e. The minimum atomic E-state index is -0.464. The predicted octanol–water partition coefficient (Wildman–Crippen LogP) is 1.35. The van der Waals surface area contributed by atoms with Gasteiger partial charge in [-0.2, -0.15) is 5.10 Å². The molecule has 1 rings (SSSR count). The minimum absolute atomic E-state index is 0.141. The van der Waals surface area contributed by atoms with Crippen molar-refractivity contribution in [2.24, 2.45) is 18.7 Å². The molecule has 0 saturated carbocycles. The van der Waals surface area contributed by atoms with E-state index in [2.05, 4.69) is 10.4 Å². The van der Waals surface area contributed by atoms with Gasteiger partial charge in [-0.05, 0) is 26.2 Å². The van der Waals surface area contributed by atoms with Gasteiger partial charge < -0.3 is 11.1 Å². The summed E-state index contributed by atoms with van der Waals surface area (Å²) in [5.74, 6) is 0.268. The first-order valence-electron chi connectivity index (χ1n) is 5.89. The number of amides is 1. The molecule has 0 saturated heterocycles. The van der Waals surface area contributed by atoms with Crippen LogP contribution < -0.4 is 11.1 Å². The summed E-state index contributed by atoms with van der Waals surface area (Å²) in [6, 6.07) is -0.464. The summed E-state index contributed by atoms with van der Waals surface area (Å²) < 4.78 is 1.75. The number of carbonyl (C=O) groups is 1. The van der Waals surface area contributed by atoms with Crippen LogP contribution in [0.3, 0.4) is 0 Å². The van der Waals surface area contributed by atoms with Crippen LogP contribution >= 0.6 is 0 Å². The average Bonchev–Trinajstić information content (AvgIpc) is 2.44. The van der Waals surface area contributed by atoms with Crippen LogP contribution in [0.25, 0.3) is 0 Å². The van der Waals surface area contributed by atoms with Gasteiger partial charge in [0.05, 0.1) is 23.1 Å². The lowest BCUT2D eigenvalue weighted by Crippen LogP contribution is -2.36. The third-order valence-electron chi connectivity index (χ3n) is 2.82. The van der Waals surface area contributed by atoms with Gasteiger partial charge in [-0.15, -0.1) is 0 Å². The van der Waals surface area contributed by atoms with Gasteiger partial charge in [0, 0.05) is 7.05 Å². The third kappa shape index (κ3) is 3.30. The van der Waals surface area contributed by atoms with Crippen molar-refractivity contribution in [1.82, 2.24) is 9.78 Å². The monoisotopic (exact) mass is 238 g/mol. The first-order valence-corrected chi connectivity index (χ1v) is 5.89. The zero-order valence-electron chi connectivity index (χ0n) is 11.2. The Hall–Kier alpha value is -1.36. The second-order valence-electron chi connectivity index (χ2n) is 4.89. The van der Waals surface area contributed by atoms with E-state index in [9.17, 15) is 4.79 Å². The molecule has 0 radical (unpaired) electrons. The molecule has 1 aromatic heterocycles. The number of aryl methyl sites for hydroxylation is 2. The molecular formula is C12H22N4O. The Morgan fingerprint density at radius 3 is 2.47 bits per heavy atom. The number of carbonyl (C=O) groups excluding carboxylic acids is 1. The van der Waals surface area contributed by atoms with E-state index < -0.39 is 6.04 Å². The van der Waals surface area contributed by atoms with E-state index in [4.69, 9.17) is 5.73 Å². The molecule has 0 aromatic carbocycles. The van der Waals surface area contributed by atoms with Crippen LogP contribution in [0.15, 0.2) is 0 Å². The fourth-order valence-electron chi connectivity index (χ4n) is 1.79. The normalized spacial score (nSPS) is 12.9. The molecule has 1 aromatic rings. The standard InChI is InChI=1S/C12H22N4O/c1-7(2)6-10(13)12(17)14-11-8(3)15-16(5)9(11)4/h7,10H,6,13H2,1-5H3,(H,14,17)/t10-/m1/s1. The van der Waals surface area contributed by atoms with Crippen molar-refractivity contribution < 1.29 is 4.79 Å². The highest BCUT2D eigenvalue weighted by atomic mass is 16.2. The lowest BCUT2D eigenvalue weighted by Gasteiger charge is -2.14. The zero-order chi connectivity index (χ0) is 13.2. The second kappa shape index (κ2) is 5.31. The summed E-state index contributed by atoms with van der Waals surface area (Å²) >= 11 is 0. The molecule has 0 aliphatic carbocycles. The summed E-state index contributed by atoms with van der Waals surface area (Å²) in [6.45, 7) is 7.89. The van der Waals surface area contributed by atoms with Crippen molar-refractivity contribution in [3.63, 3.8) is 0 Å². The first-order chi connectivity index (χ1) is 7.82. The number of nitrogens with one attached hydrogen (secondary N) is 1. The van der Waals surface area contributed by atoms with Crippen molar-refractivity contribution in [3.05, 3.63) is 11.4 Å². The van der Waals surface area contributed by atoms with Crippen molar-refractivity contribution >= 4 is 11.6 Å². The summed E-state index contributed by atoms with van der Waals surface area (Å²) in [4.78, 5) is 11.9. The molecule has 3 N–H and O–H groups in total. The molecule has 1 amide bonds. The zero-order valence-corrected chi connectivity index (χ0v) is 11.2. The van der Waals surface area contributed by atoms with E-state index in [1.165, 1.54) is 0 Å². The molecule has 0 bridgehead atoms. The number of hydrogen-bond donors (Lipinski definition) is 2. The van der Waals surface area contributed by atoms with E-state index in [1.807, 2.05) is 34.7 Å². The third-order valence-corrected chi connectivity index (χ3v) is 2.82. The number of anilines is 1. The van der Waals surface area contributed by atoms with Gasteiger partial charge in [0.15, 0.2) is 0 Å². The molecule has 0 aliphatic heterocycles. The maximum absolute atomic E-state index is 11.9. The molecule has 5 nitrogen and oxygen atoms in total. The van der Waals surface area contributed by atoms with Crippen molar-refractivity contribution in [3.8, 4) is 0 Å². The molecule has 0 fully saturated rings. The summed E-state index contributed by atoms with van der Waals surface area (Å²) in [5, 5.41) is 7.10. The average molecular weight is 238 g/mol. The molecule has 0 spiro atoms. The molecule has 1 atom stereocenters. The van der Waals surface area contributed by atoms with Gasteiger partial charge in [-0.25, -0.2) is 0 Å². The van der Waals surface area contributed by atoms with Gasteiger partial charge in [0.1, 0.15) is 0 Å². The Balaban J connectivity index is 2.74. The Morgan fingerprint density at radius 2 is 2.06 bits per heavy atom. The van der Waals surface area contributed by atoms with Crippen LogP contribution in [-0.2, 0) is 11.8 Å². The second-order valence-corrected chi connectivity index (χ2v) is 4.89. The topological polar surface area (TPSA) is 72.9 Å². The fraction of sp³-hybridized carbons (Fsp3) is 0.667. The molecule has 96 valence electrons. The van der Waals surface area contributed by atoms with Crippen molar-refractivity contribution in [2.45, 2.75) is 40.2 Å². The molecule has 0 unspecified atom stereocenters. The predicted molar refractivity (Wildman–Crippen MR) is 68.7 cm³/mol. The van der Waals surface area contributed by atoms with E-state index in [-0.39, 0.29) is 5.91 Å². The quantitative estimate of drug-likeness (QED) is 0.831. The lowest BCUT2D eigenvalue weighted by atomic mass is 10.0. The number of aromatic nitrogens is 2. The minimum Gasteiger partial charge on any atom is -0.322 e. The van der Waals surface area contributed by atoms with E-state index >= 15 is 0 Å². The van der Waals surface area contributed by atoms with E-state index in [0.717, 1.165) is 17.1 Å². The molecule has 0 aliphatic rings. The lowest BCUT2D eigenvalue weighted by molar-refractivity contribution is -0.117. The Bertz CT molecular complexity index is 409. The van der Waals surface area contributed by atoms with Gasteiger partial charge in [0.25, 0.3) is 0 Å². The smallest absolute Gasteiger partial charge is 0.241 e. The number of nitrogens with zero attached hydrogens (tertiary/aromatic N) is 2. The fourth-order valence-corrected chi connectivity index (χ4v) is 1.79. The molecule has 5 heteroatoms. The largest absolute Gasteiger partial charge is 0.322 e. The highest BCUT2D eigenvalue weighted by molar-refractivity contribution is 5.95. The Morgan fingerprint density at radius 1 is 1.47 bits per heavy atom. The number of hydrogen-bond acceptors (Lipinski definition) is 3.